The van der Waals surface area contributed by atoms with Crippen LogP contribution in [0.15, 0.2) is 78.9 Å². The van der Waals surface area contributed by atoms with Gasteiger partial charge in [-0.25, -0.2) is 9.97 Å². The van der Waals surface area contributed by atoms with Crippen LogP contribution in [0.2, 0.25) is 6.82 Å². The van der Waals surface area contributed by atoms with Gasteiger partial charge < -0.3 is 4.65 Å². The van der Waals surface area contributed by atoms with E-state index in [9.17, 15) is 0 Å². The van der Waals surface area contributed by atoms with E-state index in [2.05, 4.69) is 89.2 Å². The Kier molecular flexibility index (Phi) is 5.92. The molecular weight excluding hydrogens is 391 g/mol. The average Bonchev–Trinajstić information content (AvgIpc) is 2.78. The van der Waals surface area contributed by atoms with Gasteiger partial charge in [-0.3, -0.25) is 0 Å². The molecule has 0 aliphatic rings. The van der Waals surface area contributed by atoms with E-state index in [1.54, 1.807) is 0 Å². The third-order valence-electron chi connectivity index (χ3n) is 6.53. The maximum atomic E-state index is 6.48. The largest absolute Gasteiger partial charge is 0.423 e. The molecular formula is C28H31BN2O. The fourth-order valence-electron chi connectivity index (χ4n) is 3.62. The normalized spacial score (nSPS) is 12.2. The maximum absolute atomic E-state index is 6.48. The monoisotopic (exact) mass is 422 g/mol. The molecule has 4 rings (SSSR count). The summed E-state index contributed by atoms with van der Waals surface area (Å²) in [5.74, 6) is 0. The fourth-order valence-corrected chi connectivity index (χ4v) is 3.62. The fraction of sp³-hybridized carbons (Fsp3) is 0.286. The van der Waals surface area contributed by atoms with E-state index in [4.69, 9.17) is 14.6 Å². The number of nitrogens with zero attached hydrogens (tertiary/aromatic N) is 2. The second-order valence-electron chi connectivity index (χ2n) is 9.91. The Balaban J connectivity index is 1.75. The van der Waals surface area contributed by atoms with Gasteiger partial charge in [-0.2, -0.15) is 0 Å². The first kappa shape index (κ1) is 22.2. The molecule has 0 fully saturated rings. The van der Waals surface area contributed by atoms with Gasteiger partial charge in [-0.15, -0.1) is 0 Å². The minimum atomic E-state index is -0.321. The van der Waals surface area contributed by atoms with E-state index in [1.165, 1.54) is 11.1 Å². The van der Waals surface area contributed by atoms with Crippen LogP contribution in [-0.4, -0.2) is 22.5 Å². The molecule has 0 saturated carbocycles. The summed E-state index contributed by atoms with van der Waals surface area (Å²) in [6.45, 7) is 12.7. The van der Waals surface area contributed by atoms with Crippen molar-refractivity contribution in [2.45, 2.75) is 47.0 Å². The minimum absolute atomic E-state index is 0.00575. The molecule has 4 aromatic rings. The van der Waals surface area contributed by atoms with Gasteiger partial charge in [0.1, 0.15) is 5.72 Å². The number of hydrogen-bond acceptors (Lipinski definition) is 3. The van der Waals surface area contributed by atoms with Gasteiger partial charge in [0.15, 0.2) is 0 Å². The zero-order valence-corrected chi connectivity index (χ0v) is 19.9. The summed E-state index contributed by atoms with van der Waals surface area (Å²) in [5.41, 5.74) is 5.73. The van der Waals surface area contributed by atoms with E-state index in [1.807, 2.05) is 31.1 Å². The second-order valence-corrected chi connectivity index (χ2v) is 9.91. The summed E-state index contributed by atoms with van der Waals surface area (Å²) in [5, 5.41) is 1.05. The smallest absolute Gasteiger partial charge is 0.367 e. The Morgan fingerprint density at radius 3 is 1.88 bits per heavy atom. The predicted octanol–water partition coefficient (Wildman–Crippen LogP) is 6.63. The van der Waals surface area contributed by atoms with Crippen molar-refractivity contribution >= 4 is 23.5 Å². The minimum Gasteiger partial charge on any atom is -0.423 e. The lowest BCUT2D eigenvalue weighted by molar-refractivity contribution is 0.000186. The number of benzene rings is 3. The molecule has 0 aliphatic heterocycles. The maximum Gasteiger partial charge on any atom is 0.367 e. The summed E-state index contributed by atoms with van der Waals surface area (Å²) < 4.78 is 6.48. The number of para-hydroxylation sites is 1. The highest BCUT2D eigenvalue weighted by Gasteiger charge is 2.37. The number of aromatic nitrogens is 2. The number of hydrogen-bond donors (Lipinski definition) is 0. The van der Waals surface area contributed by atoms with E-state index >= 15 is 0 Å². The molecule has 0 amide bonds. The third-order valence-corrected chi connectivity index (χ3v) is 6.53. The molecule has 0 N–H and O–H groups in total. The standard InChI is InChI=1S/C28H31BN2O/c1-27(2,3)28(4,5)32-29(6)26-30-24-15-11-10-14-23(24)25(31-26)22-18-16-21(17-19-22)20-12-8-7-9-13-20/h7-19H,1-6H3. The zero-order chi connectivity index (χ0) is 22.9. The molecule has 0 atom stereocenters. The molecule has 1 heterocycles. The molecule has 3 nitrogen and oxygen atoms in total. The van der Waals surface area contributed by atoms with Gasteiger partial charge in [-0.05, 0) is 36.5 Å². The van der Waals surface area contributed by atoms with Gasteiger partial charge in [-0.1, -0.05) is 100 Å². The lowest BCUT2D eigenvalue weighted by atomic mass is 9.67. The molecule has 32 heavy (non-hydrogen) atoms. The lowest BCUT2D eigenvalue weighted by Gasteiger charge is -2.40. The number of fused-ring (bicyclic) bond motifs is 1. The van der Waals surface area contributed by atoms with Gasteiger partial charge in [0.05, 0.1) is 16.8 Å². The lowest BCUT2D eigenvalue weighted by Crippen LogP contribution is -2.48. The average molecular weight is 422 g/mol. The van der Waals surface area contributed by atoms with Crippen molar-refractivity contribution in [1.29, 1.82) is 0 Å². The van der Waals surface area contributed by atoms with Crippen LogP contribution in [0.1, 0.15) is 34.6 Å². The van der Waals surface area contributed by atoms with Crippen molar-refractivity contribution in [3.8, 4) is 22.4 Å². The Morgan fingerprint density at radius 2 is 1.22 bits per heavy atom. The highest BCUT2D eigenvalue weighted by atomic mass is 16.5. The van der Waals surface area contributed by atoms with Crippen LogP contribution in [0.4, 0.5) is 0 Å². The van der Waals surface area contributed by atoms with Crippen molar-refractivity contribution in [3.63, 3.8) is 0 Å². The molecule has 3 aromatic carbocycles. The quantitative estimate of drug-likeness (QED) is 0.339. The Labute approximate surface area is 192 Å². The third kappa shape index (κ3) is 4.47. The van der Waals surface area contributed by atoms with Crippen LogP contribution in [0.25, 0.3) is 33.3 Å². The summed E-state index contributed by atoms with van der Waals surface area (Å²) in [7, 11) is 0. The topological polar surface area (TPSA) is 35.0 Å². The van der Waals surface area contributed by atoms with Crippen molar-refractivity contribution < 1.29 is 4.65 Å². The van der Waals surface area contributed by atoms with Gasteiger partial charge in [0, 0.05) is 10.9 Å². The molecule has 162 valence electrons. The molecule has 0 bridgehead atoms. The van der Waals surface area contributed by atoms with Gasteiger partial charge in [0.25, 0.3) is 0 Å². The highest BCUT2D eigenvalue weighted by molar-refractivity contribution is 6.64. The summed E-state index contributed by atoms with van der Waals surface area (Å²) in [4.78, 5) is 9.86. The Morgan fingerprint density at radius 1 is 0.656 bits per heavy atom. The molecule has 0 saturated heterocycles. The Bertz CT molecular complexity index is 1210. The Hall–Kier alpha value is -2.98. The predicted molar refractivity (Wildman–Crippen MR) is 136 cm³/mol. The molecule has 1 aromatic heterocycles. The first-order chi connectivity index (χ1) is 15.2. The first-order valence-electron chi connectivity index (χ1n) is 11.3. The van der Waals surface area contributed by atoms with E-state index in [0.717, 1.165) is 22.2 Å². The summed E-state index contributed by atoms with van der Waals surface area (Å²) in [6.07, 6.45) is 0. The van der Waals surface area contributed by atoms with E-state index in [0.29, 0.717) is 5.72 Å². The van der Waals surface area contributed by atoms with E-state index in [-0.39, 0.29) is 17.9 Å². The van der Waals surface area contributed by atoms with Gasteiger partial charge >= 0.3 is 6.92 Å². The highest BCUT2D eigenvalue weighted by Crippen LogP contribution is 2.33. The molecule has 0 unspecified atom stereocenters. The van der Waals surface area contributed by atoms with Crippen LogP contribution in [0, 0.1) is 5.41 Å². The second kappa shape index (κ2) is 8.52. The van der Waals surface area contributed by atoms with Crippen molar-refractivity contribution in [1.82, 2.24) is 9.97 Å². The van der Waals surface area contributed by atoms with Crippen LogP contribution >= 0.6 is 0 Å². The van der Waals surface area contributed by atoms with Crippen LogP contribution in [0.5, 0.6) is 0 Å². The van der Waals surface area contributed by atoms with Crippen molar-refractivity contribution in [2.75, 3.05) is 0 Å². The van der Waals surface area contributed by atoms with Gasteiger partial charge in [0.2, 0.25) is 0 Å². The van der Waals surface area contributed by atoms with Crippen LogP contribution in [0.3, 0.4) is 0 Å². The van der Waals surface area contributed by atoms with E-state index < -0.39 is 0 Å². The van der Waals surface area contributed by atoms with Crippen LogP contribution < -0.4 is 5.72 Å². The molecule has 0 spiro atoms. The SMILES string of the molecule is CB(OC(C)(C)C(C)(C)C)c1nc(-c2ccc(-c3ccccc3)cc2)c2ccccc2n1. The summed E-state index contributed by atoms with van der Waals surface area (Å²) in [6, 6.07) is 27.2. The van der Waals surface area contributed by atoms with Crippen LogP contribution in [-0.2, 0) is 4.65 Å². The molecule has 0 radical (unpaired) electrons. The molecule has 4 heteroatoms. The zero-order valence-electron chi connectivity index (χ0n) is 19.9. The summed E-state index contributed by atoms with van der Waals surface area (Å²) >= 11 is 0. The van der Waals surface area contributed by atoms with Crippen molar-refractivity contribution in [2.24, 2.45) is 5.41 Å². The molecule has 0 aliphatic carbocycles. The number of rotatable bonds is 5. The first-order valence-corrected chi connectivity index (χ1v) is 11.3. The van der Waals surface area contributed by atoms with Crippen molar-refractivity contribution in [3.05, 3.63) is 78.9 Å².